The van der Waals surface area contributed by atoms with Crippen molar-refractivity contribution in [2.24, 2.45) is 7.05 Å². The van der Waals surface area contributed by atoms with Gasteiger partial charge in [-0.2, -0.15) is 4.80 Å². The summed E-state index contributed by atoms with van der Waals surface area (Å²) in [6.07, 6.45) is 0. The number of hydrogen-bond acceptors (Lipinski definition) is 4. The number of tetrazole rings is 1. The van der Waals surface area contributed by atoms with Crippen LogP contribution in [-0.4, -0.2) is 20.2 Å². The van der Waals surface area contributed by atoms with Crippen LogP contribution in [0, 0.1) is 6.92 Å². The predicted molar refractivity (Wildman–Crippen MR) is 65.0 cm³/mol. The van der Waals surface area contributed by atoms with E-state index >= 15 is 0 Å². The van der Waals surface area contributed by atoms with Crippen LogP contribution in [0.2, 0.25) is 0 Å². The van der Waals surface area contributed by atoms with Gasteiger partial charge in [0.2, 0.25) is 0 Å². The first-order chi connectivity index (χ1) is 7.65. The topological polar surface area (TPSA) is 55.6 Å². The molecule has 0 amide bonds. The highest BCUT2D eigenvalue weighted by molar-refractivity contribution is 9.10. The Labute approximate surface area is 102 Å². The molecular weight excluding hydrogens is 270 g/mol. The molecule has 16 heavy (non-hydrogen) atoms. The fraction of sp³-hybridized carbons (Fsp3) is 0.300. The van der Waals surface area contributed by atoms with E-state index in [-0.39, 0.29) is 0 Å². The molecule has 1 aromatic heterocycles. The van der Waals surface area contributed by atoms with E-state index in [9.17, 15) is 0 Å². The van der Waals surface area contributed by atoms with E-state index in [1.165, 1.54) is 10.4 Å². The normalized spacial score (nSPS) is 10.4. The van der Waals surface area contributed by atoms with Crippen molar-refractivity contribution in [3.63, 3.8) is 0 Å². The Balaban J connectivity index is 2.02. The quantitative estimate of drug-likeness (QED) is 0.934. The summed E-state index contributed by atoms with van der Waals surface area (Å²) in [7, 11) is 1.75. The lowest BCUT2D eigenvalue weighted by Crippen LogP contribution is -2.02. The van der Waals surface area contributed by atoms with Gasteiger partial charge in [-0.3, -0.25) is 0 Å². The minimum Gasteiger partial charge on any atom is -0.378 e. The SMILES string of the molecule is Cc1cc(NCc2nnn(C)n2)ccc1Br. The van der Waals surface area contributed by atoms with Crippen LogP contribution < -0.4 is 5.32 Å². The van der Waals surface area contributed by atoms with Crippen LogP contribution >= 0.6 is 15.9 Å². The van der Waals surface area contributed by atoms with Crippen LogP contribution in [0.15, 0.2) is 22.7 Å². The van der Waals surface area contributed by atoms with Crippen LogP contribution in [0.4, 0.5) is 5.69 Å². The van der Waals surface area contributed by atoms with E-state index in [4.69, 9.17) is 0 Å². The highest BCUT2D eigenvalue weighted by atomic mass is 79.9. The van der Waals surface area contributed by atoms with E-state index in [1.54, 1.807) is 7.05 Å². The van der Waals surface area contributed by atoms with Crippen molar-refractivity contribution in [3.8, 4) is 0 Å². The van der Waals surface area contributed by atoms with Crippen LogP contribution in [0.1, 0.15) is 11.4 Å². The van der Waals surface area contributed by atoms with E-state index in [0.717, 1.165) is 10.2 Å². The monoisotopic (exact) mass is 281 g/mol. The van der Waals surface area contributed by atoms with Crippen molar-refractivity contribution < 1.29 is 0 Å². The molecule has 1 N–H and O–H groups in total. The lowest BCUT2D eigenvalue weighted by molar-refractivity contribution is 0.628. The Hall–Kier alpha value is -1.43. The molecule has 6 heteroatoms. The molecule has 0 saturated carbocycles. The van der Waals surface area contributed by atoms with Gasteiger partial charge in [0, 0.05) is 10.2 Å². The van der Waals surface area contributed by atoms with E-state index in [0.29, 0.717) is 12.4 Å². The third-order valence-electron chi connectivity index (χ3n) is 2.16. The van der Waals surface area contributed by atoms with Crippen molar-refractivity contribution in [1.29, 1.82) is 0 Å². The highest BCUT2D eigenvalue weighted by Gasteiger charge is 2.01. The summed E-state index contributed by atoms with van der Waals surface area (Å²) in [4.78, 5) is 1.45. The van der Waals surface area contributed by atoms with E-state index in [1.807, 2.05) is 12.1 Å². The molecule has 0 spiro atoms. The van der Waals surface area contributed by atoms with Gasteiger partial charge >= 0.3 is 0 Å². The Morgan fingerprint density at radius 1 is 1.44 bits per heavy atom. The zero-order chi connectivity index (χ0) is 11.5. The van der Waals surface area contributed by atoms with Crippen LogP contribution in [0.5, 0.6) is 0 Å². The zero-order valence-electron chi connectivity index (χ0n) is 9.11. The number of benzene rings is 1. The molecule has 0 aliphatic rings. The number of nitrogens with zero attached hydrogens (tertiary/aromatic N) is 4. The first-order valence-electron chi connectivity index (χ1n) is 4.88. The van der Waals surface area contributed by atoms with Crippen molar-refractivity contribution in [3.05, 3.63) is 34.1 Å². The molecule has 1 aromatic carbocycles. The summed E-state index contributed by atoms with van der Waals surface area (Å²) < 4.78 is 1.11. The van der Waals surface area contributed by atoms with E-state index in [2.05, 4.69) is 49.6 Å². The van der Waals surface area contributed by atoms with Gasteiger partial charge in [-0.25, -0.2) is 0 Å². The second-order valence-corrected chi connectivity index (χ2v) is 4.37. The summed E-state index contributed by atoms with van der Waals surface area (Å²) in [6, 6.07) is 6.09. The maximum atomic E-state index is 4.09. The molecule has 0 unspecified atom stereocenters. The largest absolute Gasteiger partial charge is 0.378 e. The summed E-state index contributed by atoms with van der Waals surface area (Å²) in [6.45, 7) is 2.63. The molecule has 0 aliphatic carbocycles. The molecule has 2 aromatic rings. The number of nitrogens with one attached hydrogen (secondary N) is 1. The van der Waals surface area contributed by atoms with E-state index < -0.39 is 0 Å². The average molecular weight is 282 g/mol. The predicted octanol–water partition coefficient (Wildman–Crippen LogP) is 1.89. The number of aromatic nitrogens is 4. The second kappa shape index (κ2) is 4.61. The average Bonchev–Trinajstić information content (AvgIpc) is 2.66. The molecule has 0 bridgehead atoms. The molecule has 2 rings (SSSR count). The number of anilines is 1. The Morgan fingerprint density at radius 3 is 2.88 bits per heavy atom. The number of halogens is 1. The summed E-state index contributed by atoms with van der Waals surface area (Å²) in [5, 5.41) is 15.0. The smallest absolute Gasteiger partial charge is 0.193 e. The molecular formula is C10H12BrN5. The van der Waals surface area contributed by atoms with Crippen molar-refractivity contribution >= 4 is 21.6 Å². The molecule has 5 nitrogen and oxygen atoms in total. The first-order valence-corrected chi connectivity index (χ1v) is 5.67. The molecule has 0 aliphatic heterocycles. The molecule has 84 valence electrons. The van der Waals surface area contributed by atoms with Gasteiger partial charge in [0.15, 0.2) is 5.82 Å². The maximum absolute atomic E-state index is 4.09. The fourth-order valence-electron chi connectivity index (χ4n) is 1.33. The molecule has 0 saturated heterocycles. The van der Waals surface area contributed by atoms with Gasteiger partial charge in [0.25, 0.3) is 0 Å². The van der Waals surface area contributed by atoms with Gasteiger partial charge in [-0.1, -0.05) is 15.9 Å². The number of hydrogen-bond donors (Lipinski definition) is 1. The minimum absolute atomic E-state index is 0.578. The third kappa shape index (κ3) is 2.57. The first kappa shape index (κ1) is 11.1. The van der Waals surface area contributed by atoms with Gasteiger partial charge < -0.3 is 5.32 Å². The summed E-state index contributed by atoms with van der Waals surface area (Å²) in [5.74, 6) is 0.683. The maximum Gasteiger partial charge on any atom is 0.193 e. The third-order valence-corrected chi connectivity index (χ3v) is 3.05. The van der Waals surface area contributed by atoms with Crippen LogP contribution in [0.25, 0.3) is 0 Å². The van der Waals surface area contributed by atoms with Crippen LogP contribution in [-0.2, 0) is 13.6 Å². The molecule has 0 atom stereocenters. The van der Waals surface area contributed by atoms with Crippen molar-refractivity contribution in [1.82, 2.24) is 20.2 Å². The summed E-state index contributed by atoms with van der Waals surface area (Å²) in [5.41, 5.74) is 2.24. The van der Waals surface area contributed by atoms with Gasteiger partial charge in [0.05, 0.1) is 13.6 Å². The fourth-order valence-corrected chi connectivity index (χ4v) is 1.58. The molecule has 0 fully saturated rings. The van der Waals surface area contributed by atoms with Crippen LogP contribution in [0.3, 0.4) is 0 Å². The highest BCUT2D eigenvalue weighted by Crippen LogP contribution is 2.20. The van der Waals surface area contributed by atoms with Gasteiger partial charge in [0.1, 0.15) is 0 Å². The number of aryl methyl sites for hydroxylation is 2. The zero-order valence-corrected chi connectivity index (χ0v) is 10.7. The Morgan fingerprint density at radius 2 is 2.25 bits per heavy atom. The minimum atomic E-state index is 0.578. The molecule has 0 radical (unpaired) electrons. The van der Waals surface area contributed by atoms with Crippen molar-refractivity contribution in [2.75, 3.05) is 5.32 Å². The van der Waals surface area contributed by atoms with Gasteiger partial charge in [-0.05, 0) is 35.9 Å². The molecule has 1 heterocycles. The lowest BCUT2D eigenvalue weighted by Gasteiger charge is -2.05. The summed E-state index contributed by atoms with van der Waals surface area (Å²) >= 11 is 3.46. The van der Waals surface area contributed by atoms with Crippen molar-refractivity contribution in [2.45, 2.75) is 13.5 Å². The lowest BCUT2D eigenvalue weighted by atomic mass is 10.2. The standard InChI is InChI=1S/C10H12BrN5/c1-7-5-8(3-4-9(7)11)12-6-10-13-15-16(2)14-10/h3-5,12H,6H2,1-2H3. The number of rotatable bonds is 3. The Bertz CT molecular complexity index is 494. The Kier molecular flexibility index (Phi) is 3.19. The van der Waals surface area contributed by atoms with Gasteiger partial charge in [-0.15, -0.1) is 10.2 Å². The second-order valence-electron chi connectivity index (χ2n) is 3.51.